The fraction of sp³-hybridized carbons (Fsp3) is 0.167. The average Bonchev–Trinajstić information content (AvgIpc) is 2.33. The molecule has 0 bridgehead atoms. The van der Waals surface area contributed by atoms with Gasteiger partial charge in [-0.05, 0) is 23.3 Å². The Kier molecular flexibility index (Phi) is 5.02. The Balaban J connectivity index is 3.00. The number of hydrogen-bond donors (Lipinski definition) is 3. The molecule has 7 heteroatoms. The van der Waals surface area contributed by atoms with Gasteiger partial charge in [-0.1, -0.05) is 18.2 Å². The summed E-state index contributed by atoms with van der Waals surface area (Å²) >= 11 is 0. The molecule has 19 heavy (non-hydrogen) atoms. The number of amides is 1. The monoisotopic (exact) mass is 280 g/mol. The Morgan fingerprint density at radius 2 is 2.21 bits per heavy atom. The van der Waals surface area contributed by atoms with Crippen LogP contribution in [0.4, 0.5) is 0 Å². The smallest absolute Gasteiger partial charge is 0.337 e. The molecule has 0 saturated carbocycles. The number of nitrogens with one attached hydrogen (secondary N) is 1. The van der Waals surface area contributed by atoms with Gasteiger partial charge in [0.15, 0.2) is 0 Å². The maximum atomic E-state index is 10.9. The molecule has 1 aromatic carbocycles. The molecule has 0 heterocycles. The number of nitriles is 1. The van der Waals surface area contributed by atoms with Gasteiger partial charge in [-0.25, -0.2) is 0 Å². The minimum Gasteiger partial charge on any atom is -0.337 e. The number of carbonyl (C=O) groups excluding carboxylic acids is 1. The van der Waals surface area contributed by atoms with Crippen LogP contribution in [-0.2, 0) is 9.36 Å². The zero-order chi connectivity index (χ0) is 14.5. The van der Waals surface area contributed by atoms with E-state index in [9.17, 15) is 9.36 Å². The van der Waals surface area contributed by atoms with E-state index in [1.165, 1.54) is 13.0 Å². The molecular formula is C12H13N2O4P. The van der Waals surface area contributed by atoms with Gasteiger partial charge in [0.05, 0.1) is 6.07 Å². The minimum absolute atomic E-state index is 0.331. The second-order valence-electron chi connectivity index (χ2n) is 3.84. The molecule has 1 atom stereocenters. The maximum absolute atomic E-state index is 10.9. The molecule has 0 aliphatic carbocycles. The van der Waals surface area contributed by atoms with E-state index in [1.807, 2.05) is 6.07 Å². The molecule has 0 saturated heterocycles. The second-order valence-corrected chi connectivity index (χ2v) is 5.31. The Bertz CT molecular complexity index is 586. The first-order chi connectivity index (χ1) is 8.81. The molecule has 6 nitrogen and oxygen atoms in total. The summed E-state index contributed by atoms with van der Waals surface area (Å²) in [4.78, 5) is 28.4. The van der Waals surface area contributed by atoms with Crippen molar-refractivity contribution in [3.8, 4) is 6.07 Å². The molecular weight excluding hydrogens is 267 g/mol. The van der Waals surface area contributed by atoms with Crippen molar-refractivity contribution in [1.29, 1.82) is 5.26 Å². The number of nitrogens with zero attached hydrogens (tertiary/aromatic N) is 1. The SMILES string of the molecule is CC(=O)NC(C#N)c1cccc(/C=C/P(=O)(O)O)c1. The largest absolute Gasteiger partial charge is 0.349 e. The molecule has 0 spiro atoms. The molecule has 0 fully saturated rings. The van der Waals surface area contributed by atoms with Gasteiger partial charge < -0.3 is 15.1 Å². The number of hydrogen-bond acceptors (Lipinski definition) is 3. The molecule has 1 rings (SSSR count). The number of carbonyl (C=O) groups is 1. The van der Waals surface area contributed by atoms with E-state index in [1.54, 1.807) is 24.3 Å². The topological polar surface area (TPSA) is 110 Å². The highest BCUT2D eigenvalue weighted by Crippen LogP contribution is 2.36. The lowest BCUT2D eigenvalue weighted by Crippen LogP contribution is -2.24. The maximum Gasteiger partial charge on any atom is 0.349 e. The highest BCUT2D eigenvalue weighted by Gasteiger charge is 2.11. The number of rotatable bonds is 4. The van der Waals surface area contributed by atoms with Crippen LogP contribution in [0.1, 0.15) is 24.1 Å². The molecule has 1 amide bonds. The van der Waals surface area contributed by atoms with E-state index in [4.69, 9.17) is 15.0 Å². The van der Waals surface area contributed by atoms with E-state index in [-0.39, 0.29) is 5.91 Å². The summed E-state index contributed by atoms with van der Waals surface area (Å²) in [6.07, 6.45) is 1.27. The lowest BCUT2D eigenvalue weighted by atomic mass is 10.0. The summed E-state index contributed by atoms with van der Waals surface area (Å²) in [7, 11) is -4.21. The van der Waals surface area contributed by atoms with E-state index in [0.717, 1.165) is 5.82 Å². The van der Waals surface area contributed by atoms with E-state index < -0.39 is 13.6 Å². The zero-order valence-corrected chi connectivity index (χ0v) is 11.0. The summed E-state index contributed by atoms with van der Waals surface area (Å²) in [6, 6.07) is 7.66. The first-order valence-electron chi connectivity index (χ1n) is 5.33. The predicted molar refractivity (Wildman–Crippen MR) is 69.7 cm³/mol. The molecule has 0 radical (unpaired) electrons. The van der Waals surface area contributed by atoms with E-state index >= 15 is 0 Å². The summed E-state index contributed by atoms with van der Waals surface area (Å²) in [6.45, 7) is 1.31. The molecule has 100 valence electrons. The third-order valence-electron chi connectivity index (χ3n) is 2.18. The third-order valence-corrected chi connectivity index (χ3v) is 2.72. The summed E-state index contributed by atoms with van der Waals surface area (Å²) in [5, 5.41) is 11.4. The van der Waals surface area contributed by atoms with Gasteiger partial charge in [-0.3, -0.25) is 9.36 Å². The normalized spacial score (nSPS) is 12.9. The number of benzene rings is 1. The second kappa shape index (κ2) is 6.30. The first kappa shape index (κ1) is 15.1. The van der Waals surface area contributed by atoms with Crippen molar-refractivity contribution in [3.05, 3.63) is 41.2 Å². The quantitative estimate of drug-likeness (QED) is 0.724. The van der Waals surface area contributed by atoms with Crippen molar-refractivity contribution < 1.29 is 19.1 Å². The summed E-state index contributed by atoms with van der Waals surface area (Å²) < 4.78 is 10.7. The Labute approximate surface area is 110 Å². The van der Waals surface area contributed by atoms with Crippen molar-refractivity contribution in [3.63, 3.8) is 0 Å². The summed E-state index contributed by atoms with van der Waals surface area (Å²) in [5.41, 5.74) is 1.08. The molecule has 1 aromatic rings. The van der Waals surface area contributed by atoms with Gasteiger partial charge >= 0.3 is 7.60 Å². The lowest BCUT2D eigenvalue weighted by Gasteiger charge is -2.10. The zero-order valence-electron chi connectivity index (χ0n) is 10.1. The van der Waals surface area contributed by atoms with Gasteiger partial charge in [0.25, 0.3) is 0 Å². The standard InChI is InChI=1S/C12H13N2O4P/c1-9(15)14-12(8-13)11-4-2-3-10(7-11)5-6-19(16,17)18/h2-7,12H,1H3,(H,14,15)(H2,16,17,18)/b6-5+. The third kappa shape index (κ3) is 5.49. The van der Waals surface area contributed by atoms with Gasteiger partial charge in [0, 0.05) is 12.7 Å². The van der Waals surface area contributed by atoms with Crippen molar-refractivity contribution in [1.82, 2.24) is 5.32 Å². The Morgan fingerprint density at radius 1 is 1.53 bits per heavy atom. The molecule has 0 aliphatic rings. The fourth-order valence-electron chi connectivity index (χ4n) is 1.42. The minimum atomic E-state index is -4.21. The van der Waals surface area contributed by atoms with Gasteiger partial charge in [-0.2, -0.15) is 5.26 Å². The van der Waals surface area contributed by atoms with Gasteiger partial charge in [0.2, 0.25) is 5.91 Å². The van der Waals surface area contributed by atoms with E-state index in [2.05, 4.69) is 5.32 Å². The van der Waals surface area contributed by atoms with Crippen LogP contribution in [0.25, 0.3) is 6.08 Å². The predicted octanol–water partition coefficient (Wildman–Crippen LogP) is 1.54. The van der Waals surface area contributed by atoms with Crippen molar-refractivity contribution in [2.45, 2.75) is 13.0 Å². The van der Waals surface area contributed by atoms with Crippen LogP contribution in [0.3, 0.4) is 0 Å². The molecule has 3 N–H and O–H groups in total. The van der Waals surface area contributed by atoms with Crippen LogP contribution in [0.5, 0.6) is 0 Å². The van der Waals surface area contributed by atoms with Crippen LogP contribution in [0.15, 0.2) is 30.1 Å². The fourth-order valence-corrected chi connectivity index (χ4v) is 1.79. The van der Waals surface area contributed by atoms with Crippen LogP contribution in [-0.4, -0.2) is 15.7 Å². The van der Waals surface area contributed by atoms with Crippen molar-refractivity contribution >= 4 is 19.6 Å². The first-order valence-corrected chi connectivity index (χ1v) is 7.01. The molecule has 0 aliphatic heterocycles. The van der Waals surface area contributed by atoms with Crippen LogP contribution >= 0.6 is 7.60 Å². The van der Waals surface area contributed by atoms with Gasteiger partial charge in [0.1, 0.15) is 6.04 Å². The van der Waals surface area contributed by atoms with Crippen LogP contribution < -0.4 is 5.32 Å². The Hall–Kier alpha value is -1.93. The van der Waals surface area contributed by atoms with Crippen LogP contribution in [0, 0.1) is 11.3 Å². The van der Waals surface area contributed by atoms with Crippen LogP contribution in [0.2, 0.25) is 0 Å². The van der Waals surface area contributed by atoms with Gasteiger partial charge in [-0.15, -0.1) is 0 Å². The summed E-state index contributed by atoms with van der Waals surface area (Å²) in [5.74, 6) is 0.453. The molecule has 1 unspecified atom stereocenters. The average molecular weight is 280 g/mol. The highest BCUT2D eigenvalue weighted by molar-refractivity contribution is 7.55. The lowest BCUT2D eigenvalue weighted by molar-refractivity contribution is -0.119. The highest BCUT2D eigenvalue weighted by atomic mass is 31.2. The Morgan fingerprint density at radius 3 is 2.74 bits per heavy atom. The van der Waals surface area contributed by atoms with Crippen molar-refractivity contribution in [2.75, 3.05) is 0 Å². The molecule has 0 aromatic heterocycles. The van der Waals surface area contributed by atoms with Crippen molar-refractivity contribution in [2.24, 2.45) is 0 Å². The van der Waals surface area contributed by atoms with E-state index in [0.29, 0.717) is 11.1 Å².